The topological polar surface area (TPSA) is 54.3 Å². The minimum Gasteiger partial charge on any atom is -0.367 e. The Bertz CT molecular complexity index is 1510. The highest BCUT2D eigenvalue weighted by molar-refractivity contribution is 6.35. The van der Waals surface area contributed by atoms with E-state index in [-0.39, 0.29) is 17.5 Å². The Hall–Kier alpha value is -3.45. The predicted molar refractivity (Wildman–Crippen MR) is 139 cm³/mol. The fraction of sp³-hybridized carbons (Fsp3) is 0.296. The van der Waals surface area contributed by atoms with E-state index in [9.17, 15) is 4.79 Å². The van der Waals surface area contributed by atoms with Crippen LogP contribution in [-0.4, -0.2) is 51.2 Å². The maximum absolute atomic E-state index is 16.3. The van der Waals surface area contributed by atoms with Crippen LogP contribution >= 0.6 is 11.6 Å². The number of carbonyl (C=O) groups excluding carboxylic acids is 1. The molecule has 1 amide bonds. The molecule has 0 N–H and O–H groups in total. The molecule has 4 aromatic rings. The minimum absolute atomic E-state index is 0.0125. The van der Waals surface area contributed by atoms with Crippen molar-refractivity contribution in [2.75, 3.05) is 24.5 Å². The van der Waals surface area contributed by atoms with Gasteiger partial charge in [0.1, 0.15) is 5.52 Å². The number of nitrogens with zero attached hydrogens (tertiary/aromatic N) is 5. The molecule has 0 aliphatic carbocycles. The fourth-order valence-corrected chi connectivity index (χ4v) is 5.57. The molecule has 6 nitrogen and oxygen atoms in total. The molecule has 1 saturated heterocycles. The Balaban J connectivity index is 1.68. The summed E-state index contributed by atoms with van der Waals surface area (Å²) >= 11 is 6.83. The van der Waals surface area contributed by atoms with E-state index < -0.39 is 5.82 Å². The van der Waals surface area contributed by atoms with E-state index in [4.69, 9.17) is 11.6 Å². The molecule has 8 heteroatoms. The van der Waals surface area contributed by atoms with Gasteiger partial charge < -0.3 is 9.80 Å². The van der Waals surface area contributed by atoms with Crippen LogP contribution in [-0.2, 0) is 11.8 Å². The lowest BCUT2D eigenvalue weighted by molar-refractivity contribution is -0.128. The van der Waals surface area contributed by atoms with Gasteiger partial charge in [0.05, 0.1) is 22.4 Å². The molecule has 0 unspecified atom stereocenters. The summed E-state index contributed by atoms with van der Waals surface area (Å²) < 4.78 is 18.0. The van der Waals surface area contributed by atoms with Crippen molar-refractivity contribution in [1.29, 1.82) is 0 Å². The van der Waals surface area contributed by atoms with Gasteiger partial charge in [-0.15, -0.1) is 0 Å². The first-order valence-corrected chi connectivity index (χ1v) is 12.0. The summed E-state index contributed by atoms with van der Waals surface area (Å²) in [6.45, 7) is 11.3. The van der Waals surface area contributed by atoms with Crippen molar-refractivity contribution in [1.82, 2.24) is 19.7 Å². The molecule has 0 spiro atoms. The normalized spacial score (nSPS) is 16.3. The Morgan fingerprint density at radius 2 is 1.97 bits per heavy atom. The molecule has 1 aliphatic heterocycles. The Kier molecular flexibility index (Phi) is 5.75. The summed E-state index contributed by atoms with van der Waals surface area (Å²) in [6, 6.07) is 5.75. The summed E-state index contributed by atoms with van der Waals surface area (Å²) in [7, 11) is 1.84. The summed E-state index contributed by atoms with van der Waals surface area (Å²) in [5.74, 6) is -0.522. The third-order valence-electron chi connectivity index (χ3n) is 6.97. The molecule has 3 heterocycles. The molecule has 0 saturated carbocycles. The van der Waals surface area contributed by atoms with Crippen LogP contribution in [0.5, 0.6) is 0 Å². The van der Waals surface area contributed by atoms with Crippen molar-refractivity contribution in [3.63, 3.8) is 0 Å². The Labute approximate surface area is 208 Å². The molecule has 0 radical (unpaired) electrons. The number of hydrogen-bond donors (Lipinski definition) is 0. The number of halogens is 2. The second-order valence-electron chi connectivity index (χ2n) is 9.23. The lowest BCUT2D eigenvalue weighted by atomic mass is 9.95. The number of amides is 1. The van der Waals surface area contributed by atoms with E-state index in [1.54, 1.807) is 17.1 Å². The molecule has 2 aromatic heterocycles. The molecule has 180 valence electrons. The lowest BCUT2D eigenvalue weighted by Crippen LogP contribution is -2.53. The first-order valence-electron chi connectivity index (χ1n) is 11.6. The summed E-state index contributed by atoms with van der Waals surface area (Å²) in [5.41, 5.74) is 4.90. The first kappa shape index (κ1) is 23.3. The second kappa shape index (κ2) is 8.64. The number of hydrogen-bond acceptors (Lipinski definition) is 4. The van der Waals surface area contributed by atoms with Crippen LogP contribution in [0.1, 0.15) is 18.1 Å². The van der Waals surface area contributed by atoms with Crippen molar-refractivity contribution in [3.05, 3.63) is 65.2 Å². The standard InChI is InChI=1S/C27H27ClFN5O/c1-6-21(35)34-10-9-33(14-17(34)4)26-16(3)12-30-25-19(26)11-20(28)23(24(25)29)22-15(2)7-8-18-13-31-32(5)27(18)22/h6-8,11-13,17H,1,9-10,14H2,2-5H3/t17-/m1/s1. The van der Waals surface area contributed by atoms with Crippen LogP contribution in [0.3, 0.4) is 0 Å². The zero-order chi connectivity index (χ0) is 25.0. The SMILES string of the molecule is C=CC(=O)N1CCN(c2c(C)cnc3c(F)c(-c4c(C)ccc5cnn(C)c45)c(Cl)cc23)C[C@H]1C. The van der Waals surface area contributed by atoms with Gasteiger partial charge in [0.25, 0.3) is 0 Å². The quantitative estimate of drug-likeness (QED) is 0.359. The predicted octanol–water partition coefficient (Wildman–Crippen LogP) is 5.42. The van der Waals surface area contributed by atoms with Gasteiger partial charge in [-0.25, -0.2) is 4.39 Å². The van der Waals surface area contributed by atoms with Crippen LogP contribution in [0, 0.1) is 19.7 Å². The minimum atomic E-state index is -0.445. The average molecular weight is 492 g/mol. The highest BCUT2D eigenvalue weighted by Gasteiger charge is 2.29. The number of carbonyl (C=O) groups is 1. The number of aromatic nitrogens is 3. The zero-order valence-corrected chi connectivity index (χ0v) is 21.0. The van der Waals surface area contributed by atoms with Crippen LogP contribution in [0.25, 0.3) is 32.9 Å². The van der Waals surface area contributed by atoms with Crippen LogP contribution in [0.15, 0.2) is 43.2 Å². The highest BCUT2D eigenvalue weighted by Crippen LogP contribution is 2.43. The molecule has 2 aromatic carbocycles. The Morgan fingerprint density at radius 1 is 1.20 bits per heavy atom. The van der Waals surface area contributed by atoms with E-state index in [1.807, 2.05) is 50.9 Å². The van der Waals surface area contributed by atoms with Gasteiger partial charge in [-0.05, 0) is 44.0 Å². The van der Waals surface area contributed by atoms with Gasteiger partial charge in [0.2, 0.25) is 5.91 Å². The van der Waals surface area contributed by atoms with E-state index in [0.717, 1.165) is 33.3 Å². The number of anilines is 1. The van der Waals surface area contributed by atoms with Crippen molar-refractivity contribution in [3.8, 4) is 11.1 Å². The van der Waals surface area contributed by atoms with Gasteiger partial charge in [-0.1, -0.05) is 30.3 Å². The molecular weight excluding hydrogens is 465 g/mol. The van der Waals surface area contributed by atoms with Gasteiger partial charge in [-0.2, -0.15) is 5.10 Å². The molecule has 1 aliphatic rings. The molecule has 1 atom stereocenters. The van der Waals surface area contributed by atoms with E-state index >= 15 is 4.39 Å². The first-order chi connectivity index (χ1) is 16.7. The average Bonchev–Trinajstić information content (AvgIpc) is 3.20. The third-order valence-corrected chi connectivity index (χ3v) is 7.27. The third kappa shape index (κ3) is 3.65. The van der Waals surface area contributed by atoms with Crippen molar-refractivity contribution in [2.24, 2.45) is 7.05 Å². The highest BCUT2D eigenvalue weighted by atomic mass is 35.5. The number of pyridine rings is 1. The number of piperazine rings is 1. The maximum atomic E-state index is 16.3. The molecule has 5 rings (SSSR count). The largest absolute Gasteiger partial charge is 0.367 e. The lowest BCUT2D eigenvalue weighted by Gasteiger charge is -2.41. The van der Waals surface area contributed by atoms with Crippen molar-refractivity contribution < 1.29 is 9.18 Å². The number of fused-ring (bicyclic) bond motifs is 2. The van der Waals surface area contributed by atoms with Crippen LogP contribution in [0.2, 0.25) is 5.02 Å². The number of aryl methyl sites for hydroxylation is 3. The fourth-order valence-electron chi connectivity index (χ4n) is 5.29. The van der Waals surface area contributed by atoms with Crippen LogP contribution < -0.4 is 4.90 Å². The van der Waals surface area contributed by atoms with E-state index in [2.05, 4.69) is 21.6 Å². The van der Waals surface area contributed by atoms with Crippen molar-refractivity contribution >= 4 is 45.0 Å². The molecule has 1 fully saturated rings. The van der Waals surface area contributed by atoms with Gasteiger partial charge in [0.15, 0.2) is 5.82 Å². The van der Waals surface area contributed by atoms with Gasteiger partial charge >= 0.3 is 0 Å². The van der Waals surface area contributed by atoms with E-state index in [1.165, 1.54) is 6.08 Å². The van der Waals surface area contributed by atoms with Crippen LogP contribution in [0.4, 0.5) is 10.1 Å². The van der Waals surface area contributed by atoms with E-state index in [0.29, 0.717) is 35.6 Å². The second-order valence-corrected chi connectivity index (χ2v) is 9.63. The zero-order valence-electron chi connectivity index (χ0n) is 20.3. The van der Waals surface area contributed by atoms with Crippen molar-refractivity contribution in [2.45, 2.75) is 26.8 Å². The number of rotatable bonds is 3. The Morgan fingerprint density at radius 3 is 2.69 bits per heavy atom. The summed E-state index contributed by atoms with van der Waals surface area (Å²) in [6.07, 6.45) is 4.82. The number of benzene rings is 2. The molecule has 0 bridgehead atoms. The van der Waals surface area contributed by atoms with Gasteiger partial charge in [0, 0.05) is 60.8 Å². The molecular formula is C27H27ClFN5O. The molecule has 35 heavy (non-hydrogen) atoms. The van der Waals surface area contributed by atoms with Gasteiger partial charge in [-0.3, -0.25) is 14.5 Å². The smallest absolute Gasteiger partial charge is 0.246 e. The summed E-state index contributed by atoms with van der Waals surface area (Å²) in [5, 5.41) is 6.27. The monoisotopic (exact) mass is 491 g/mol. The summed E-state index contributed by atoms with van der Waals surface area (Å²) in [4.78, 5) is 20.7. The maximum Gasteiger partial charge on any atom is 0.246 e.